The van der Waals surface area contributed by atoms with E-state index in [4.69, 9.17) is 5.21 Å². The maximum atomic E-state index is 11.7. The molecule has 0 saturated heterocycles. The van der Waals surface area contributed by atoms with Crippen LogP contribution in [0.4, 0.5) is 0 Å². The van der Waals surface area contributed by atoms with E-state index < -0.39 is 0 Å². The van der Waals surface area contributed by atoms with Gasteiger partial charge in [0.25, 0.3) is 0 Å². The molecular weight excluding hydrogens is 244 g/mol. The lowest BCUT2D eigenvalue weighted by atomic mass is 10.0. The summed E-state index contributed by atoms with van der Waals surface area (Å²) in [5.41, 5.74) is 2.60. The van der Waals surface area contributed by atoms with Gasteiger partial charge in [0.05, 0.1) is 0 Å². The van der Waals surface area contributed by atoms with E-state index in [9.17, 15) is 9.59 Å². The molecule has 0 saturated carbocycles. The van der Waals surface area contributed by atoms with Crippen LogP contribution in [0, 0.1) is 0 Å². The number of ketones is 1. The Balaban J connectivity index is 2.03. The van der Waals surface area contributed by atoms with Crippen LogP contribution >= 0.6 is 0 Å². The molecule has 1 amide bonds. The van der Waals surface area contributed by atoms with Crippen LogP contribution in [0.5, 0.6) is 0 Å². The number of amides is 1. The minimum Gasteiger partial charge on any atom is -0.299 e. The third kappa shape index (κ3) is 7.31. The fourth-order valence-electron chi connectivity index (χ4n) is 1.83. The zero-order valence-corrected chi connectivity index (χ0v) is 11.0. The van der Waals surface area contributed by atoms with Crippen molar-refractivity contribution in [3.8, 4) is 0 Å². The summed E-state index contributed by atoms with van der Waals surface area (Å²) in [5, 5.41) is 8.30. The van der Waals surface area contributed by atoms with Crippen molar-refractivity contribution in [1.29, 1.82) is 0 Å². The molecule has 0 spiro atoms. The number of hydroxylamine groups is 1. The van der Waals surface area contributed by atoms with Gasteiger partial charge < -0.3 is 0 Å². The second-order valence-corrected chi connectivity index (χ2v) is 4.52. The van der Waals surface area contributed by atoms with E-state index in [0.29, 0.717) is 19.3 Å². The zero-order valence-electron chi connectivity index (χ0n) is 11.0. The van der Waals surface area contributed by atoms with Gasteiger partial charge in [0.1, 0.15) is 5.78 Å². The minimum absolute atomic E-state index is 0.235. The van der Waals surface area contributed by atoms with Crippen molar-refractivity contribution in [2.24, 2.45) is 0 Å². The van der Waals surface area contributed by atoms with Crippen LogP contribution in [0.1, 0.15) is 44.1 Å². The smallest absolute Gasteiger partial charge is 0.243 e. The van der Waals surface area contributed by atoms with Gasteiger partial charge in [0, 0.05) is 31.7 Å². The normalized spacial score (nSPS) is 10.2. The Kier molecular flexibility index (Phi) is 7.43. The molecule has 0 aliphatic heterocycles. The first kappa shape index (κ1) is 15.3. The van der Waals surface area contributed by atoms with Crippen molar-refractivity contribution in [2.45, 2.75) is 44.9 Å². The van der Waals surface area contributed by atoms with Crippen molar-refractivity contribution in [1.82, 2.24) is 10.5 Å². The highest BCUT2D eigenvalue weighted by atomic mass is 16.5. The third-order valence-corrected chi connectivity index (χ3v) is 2.88. The van der Waals surface area contributed by atoms with Crippen molar-refractivity contribution >= 4 is 11.7 Å². The molecule has 0 fully saturated rings. The van der Waals surface area contributed by atoms with Gasteiger partial charge in [-0.05, 0) is 30.5 Å². The van der Waals surface area contributed by atoms with Gasteiger partial charge >= 0.3 is 0 Å². The Morgan fingerprint density at radius 3 is 2.32 bits per heavy atom. The number of rotatable bonds is 9. The highest BCUT2D eigenvalue weighted by Gasteiger charge is 2.04. The van der Waals surface area contributed by atoms with Crippen molar-refractivity contribution in [3.63, 3.8) is 0 Å². The first-order valence-electron chi connectivity index (χ1n) is 6.56. The standard InChI is InChI=1S/C14H20N2O3/c17-13(11-12-7-9-15-10-8-12)5-3-1-2-4-6-14(18)16-19/h7-10,19H,1-6,11H2,(H,16,18). The number of unbranched alkanes of at least 4 members (excludes halogenated alkanes) is 3. The quantitative estimate of drug-likeness (QED) is 0.406. The van der Waals surface area contributed by atoms with E-state index in [1.165, 1.54) is 0 Å². The lowest BCUT2D eigenvalue weighted by Gasteiger charge is -2.02. The number of aromatic nitrogens is 1. The summed E-state index contributed by atoms with van der Waals surface area (Å²) < 4.78 is 0. The zero-order chi connectivity index (χ0) is 13.9. The van der Waals surface area contributed by atoms with Gasteiger partial charge in [0.2, 0.25) is 5.91 Å². The van der Waals surface area contributed by atoms with Crippen LogP contribution < -0.4 is 5.48 Å². The molecule has 1 rings (SSSR count). The van der Waals surface area contributed by atoms with E-state index in [0.717, 1.165) is 31.2 Å². The molecule has 0 aliphatic rings. The van der Waals surface area contributed by atoms with Crippen LogP contribution in [0.25, 0.3) is 0 Å². The summed E-state index contributed by atoms with van der Waals surface area (Å²) in [6.45, 7) is 0. The number of Topliss-reactive ketones (excluding diaryl/α,β-unsaturated/α-hetero) is 1. The lowest BCUT2D eigenvalue weighted by Crippen LogP contribution is -2.17. The Hall–Kier alpha value is -1.75. The SMILES string of the molecule is O=C(CCCCCCC(=O)NO)Cc1ccncc1. The number of hydrogen-bond donors (Lipinski definition) is 2. The number of nitrogens with zero attached hydrogens (tertiary/aromatic N) is 1. The molecule has 0 radical (unpaired) electrons. The average molecular weight is 264 g/mol. The van der Waals surface area contributed by atoms with Crippen LogP contribution in [-0.2, 0) is 16.0 Å². The number of carbonyl (C=O) groups is 2. The Bertz CT molecular complexity index is 393. The fraction of sp³-hybridized carbons (Fsp3) is 0.500. The lowest BCUT2D eigenvalue weighted by molar-refractivity contribution is -0.129. The number of pyridine rings is 1. The summed E-state index contributed by atoms with van der Waals surface area (Å²) >= 11 is 0. The van der Waals surface area contributed by atoms with Gasteiger partial charge in [-0.3, -0.25) is 19.8 Å². The number of carbonyl (C=O) groups excluding carboxylic acids is 2. The first-order valence-corrected chi connectivity index (χ1v) is 6.56. The third-order valence-electron chi connectivity index (χ3n) is 2.88. The molecule has 0 unspecified atom stereocenters. The molecule has 104 valence electrons. The van der Waals surface area contributed by atoms with Gasteiger partial charge in [0.15, 0.2) is 0 Å². The average Bonchev–Trinajstić information content (AvgIpc) is 2.43. The Labute approximate surface area is 113 Å². The van der Waals surface area contributed by atoms with Gasteiger partial charge in [-0.25, -0.2) is 5.48 Å². The summed E-state index contributed by atoms with van der Waals surface area (Å²) in [5.74, 6) is -0.118. The molecule has 0 aliphatic carbocycles. The topological polar surface area (TPSA) is 79.3 Å². The predicted octanol–water partition coefficient (Wildman–Crippen LogP) is 2.04. The summed E-state index contributed by atoms with van der Waals surface area (Å²) in [4.78, 5) is 26.3. The van der Waals surface area contributed by atoms with Crippen molar-refractivity contribution in [3.05, 3.63) is 30.1 Å². The highest BCUT2D eigenvalue weighted by molar-refractivity contribution is 5.80. The van der Waals surface area contributed by atoms with E-state index in [1.807, 2.05) is 12.1 Å². The molecule has 5 heteroatoms. The van der Waals surface area contributed by atoms with E-state index >= 15 is 0 Å². The molecule has 0 bridgehead atoms. The van der Waals surface area contributed by atoms with Crippen LogP contribution in [0.3, 0.4) is 0 Å². The highest BCUT2D eigenvalue weighted by Crippen LogP contribution is 2.08. The predicted molar refractivity (Wildman–Crippen MR) is 70.6 cm³/mol. The van der Waals surface area contributed by atoms with Crippen molar-refractivity contribution < 1.29 is 14.8 Å². The van der Waals surface area contributed by atoms with E-state index in [1.54, 1.807) is 17.9 Å². The number of nitrogens with one attached hydrogen (secondary N) is 1. The van der Waals surface area contributed by atoms with E-state index in [-0.39, 0.29) is 11.7 Å². The summed E-state index contributed by atoms with van der Waals surface area (Å²) in [7, 11) is 0. The molecule has 0 atom stereocenters. The molecule has 1 aromatic rings. The van der Waals surface area contributed by atoms with Crippen LogP contribution in [0.15, 0.2) is 24.5 Å². The molecule has 0 aromatic carbocycles. The van der Waals surface area contributed by atoms with Gasteiger partial charge in [-0.1, -0.05) is 12.8 Å². The van der Waals surface area contributed by atoms with Gasteiger partial charge in [-0.15, -0.1) is 0 Å². The maximum Gasteiger partial charge on any atom is 0.243 e. The molecule has 19 heavy (non-hydrogen) atoms. The van der Waals surface area contributed by atoms with Gasteiger partial charge in [-0.2, -0.15) is 0 Å². The largest absolute Gasteiger partial charge is 0.299 e. The number of hydrogen-bond acceptors (Lipinski definition) is 4. The Morgan fingerprint density at radius 1 is 1.05 bits per heavy atom. The van der Waals surface area contributed by atoms with Crippen LogP contribution in [-0.4, -0.2) is 21.9 Å². The second kappa shape index (κ2) is 9.22. The van der Waals surface area contributed by atoms with Crippen molar-refractivity contribution in [2.75, 3.05) is 0 Å². The first-order chi connectivity index (χ1) is 9.22. The fourth-order valence-corrected chi connectivity index (χ4v) is 1.83. The second-order valence-electron chi connectivity index (χ2n) is 4.52. The Morgan fingerprint density at radius 2 is 1.68 bits per heavy atom. The minimum atomic E-state index is -0.353. The van der Waals surface area contributed by atoms with E-state index in [2.05, 4.69) is 4.98 Å². The summed E-state index contributed by atoms with van der Waals surface area (Å²) in [6, 6.07) is 3.71. The molecule has 1 heterocycles. The van der Waals surface area contributed by atoms with Crippen LogP contribution in [0.2, 0.25) is 0 Å². The molecular formula is C14H20N2O3. The monoisotopic (exact) mass is 264 g/mol. The summed E-state index contributed by atoms with van der Waals surface area (Å²) in [6.07, 6.45) is 8.18. The molecule has 2 N–H and O–H groups in total. The molecule has 5 nitrogen and oxygen atoms in total. The maximum absolute atomic E-state index is 11.7. The molecule has 1 aromatic heterocycles.